The van der Waals surface area contributed by atoms with Crippen LogP contribution in [0.15, 0.2) is 30.5 Å². The molecule has 0 saturated carbocycles. The van der Waals surface area contributed by atoms with Crippen molar-refractivity contribution in [2.45, 2.75) is 33.6 Å². The molecule has 0 aliphatic heterocycles. The highest BCUT2D eigenvalue weighted by Crippen LogP contribution is 2.31. The van der Waals surface area contributed by atoms with E-state index in [0.717, 1.165) is 29.7 Å². The standard InChI is InChI=1S/C20H22FN3O/c1-5-6-16-19(23-17-9-12(2)7-8-24(16)17)18-13(3)10-14(11-15(18)21)20(25)22-4/h7-11H,5-6H2,1-4H3,(H,22,25). The number of carbonyl (C=O) groups is 1. The van der Waals surface area contributed by atoms with Gasteiger partial charge in [0.05, 0.1) is 11.4 Å². The van der Waals surface area contributed by atoms with E-state index >= 15 is 0 Å². The molecular weight excluding hydrogens is 317 g/mol. The van der Waals surface area contributed by atoms with Crippen LogP contribution in [0.3, 0.4) is 0 Å². The van der Waals surface area contributed by atoms with Gasteiger partial charge in [0.15, 0.2) is 0 Å². The van der Waals surface area contributed by atoms with Gasteiger partial charge in [-0.3, -0.25) is 4.79 Å². The molecule has 3 rings (SSSR count). The zero-order chi connectivity index (χ0) is 18.1. The second kappa shape index (κ2) is 6.67. The Morgan fingerprint density at radius 2 is 2.04 bits per heavy atom. The smallest absolute Gasteiger partial charge is 0.251 e. The molecule has 0 fully saturated rings. The molecule has 1 amide bonds. The predicted octanol–water partition coefficient (Wildman–Crippen LogP) is 4.07. The van der Waals surface area contributed by atoms with Crippen molar-refractivity contribution in [2.75, 3.05) is 7.05 Å². The zero-order valence-electron chi connectivity index (χ0n) is 15.0. The average molecular weight is 339 g/mol. The van der Waals surface area contributed by atoms with Crippen LogP contribution in [0.25, 0.3) is 16.9 Å². The molecule has 5 heteroatoms. The SMILES string of the molecule is CCCc1c(-c2c(C)cc(C(=O)NC)cc2F)nc2cc(C)ccn12. The Bertz CT molecular complexity index is 936. The van der Waals surface area contributed by atoms with Crippen molar-refractivity contribution in [2.24, 2.45) is 0 Å². The van der Waals surface area contributed by atoms with Gasteiger partial charge in [0, 0.05) is 24.4 Å². The fourth-order valence-corrected chi connectivity index (χ4v) is 3.19. The topological polar surface area (TPSA) is 46.4 Å². The van der Waals surface area contributed by atoms with Crippen LogP contribution >= 0.6 is 0 Å². The molecule has 4 nitrogen and oxygen atoms in total. The Morgan fingerprint density at radius 3 is 2.68 bits per heavy atom. The summed E-state index contributed by atoms with van der Waals surface area (Å²) in [5, 5.41) is 2.53. The van der Waals surface area contributed by atoms with Crippen LogP contribution in [0.4, 0.5) is 4.39 Å². The number of benzene rings is 1. The van der Waals surface area contributed by atoms with Crippen molar-refractivity contribution in [3.05, 3.63) is 58.7 Å². The fraction of sp³-hybridized carbons (Fsp3) is 0.300. The Labute approximate surface area is 146 Å². The second-order valence-electron chi connectivity index (χ2n) is 6.32. The van der Waals surface area contributed by atoms with Gasteiger partial charge < -0.3 is 9.72 Å². The fourth-order valence-electron chi connectivity index (χ4n) is 3.19. The minimum absolute atomic E-state index is 0.298. The van der Waals surface area contributed by atoms with Gasteiger partial charge in [0.1, 0.15) is 11.5 Å². The molecule has 3 aromatic rings. The number of nitrogens with one attached hydrogen (secondary N) is 1. The Morgan fingerprint density at radius 1 is 1.28 bits per heavy atom. The molecule has 0 atom stereocenters. The van der Waals surface area contributed by atoms with E-state index in [9.17, 15) is 9.18 Å². The van der Waals surface area contributed by atoms with Gasteiger partial charge in [-0.05, 0) is 55.7 Å². The summed E-state index contributed by atoms with van der Waals surface area (Å²) in [6, 6.07) is 7.01. The number of aryl methyl sites for hydroxylation is 3. The first-order valence-corrected chi connectivity index (χ1v) is 8.46. The minimum atomic E-state index is -0.420. The van der Waals surface area contributed by atoms with Gasteiger partial charge in [-0.1, -0.05) is 13.3 Å². The van der Waals surface area contributed by atoms with Crippen molar-refractivity contribution in [1.82, 2.24) is 14.7 Å². The highest BCUT2D eigenvalue weighted by atomic mass is 19.1. The lowest BCUT2D eigenvalue weighted by molar-refractivity contribution is 0.0962. The quantitative estimate of drug-likeness (QED) is 0.779. The lowest BCUT2D eigenvalue weighted by Gasteiger charge is -2.10. The van der Waals surface area contributed by atoms with Gasteiger partial charge in [-0.2, -0.15) is 0 Å². The highest BCUT2D eigenvalue weighted by molar-refractivity contribution is 5.95. The number of nitrogens with zero attached hydrogens (tertiary/aromatic N) is 2. The van der Waals surface area contributed by atoms with Crippen LogP contribution in [-0.4, -0.2) is 22.3 Å². The molecule has 1 aromatic carbocycles. The third-order valence-electron chi connectivity index (χ3n) is 4.38. The predicted molar refractivity (Wildman–Crippen MR) is 97.4 cm³/mol. The van der Waals surface area contributed by atoms with Crippen LogP contribution < -0.4 is 5.32 Å². The van der Waals surface area contributed by atoms with E-state index < -0.39 is 5.82 Å². The van der Waals surface area contributed by atoms with Gasteiger partial charge >= 0.3 is 0 Å². The number of amides is 1. The lowest BCUT2D eigenvalue weighted by Crippen LogP contribution is -2.18. The number of fused-ring (bicyclic) bond motifs is 1. The molecule has 2 heterocycles. The van der Waals surface area contributed by atoms with E-state index in [1.165, 1.54) is 13.1 Å². The zero-order valence-corrected chi connectivity index (χ0v) is 15.0. The molecule has 0 aliphatic rings. The summed E-state index contributed by atoms with van der Waals surface area (Å²) in [6.07, 6.45) is 3.72. The number of halogens is 1. The number of rotatable bonds is 4. The summed E-state index contributed by atoms with van der Waals surface area (Å²) >= 11 is 0. The number of carbonyl (C=O) groups excluding carboxylic acids is 1. The summed E-state index contributed by atoms with van der Waals surface area (Å²) < 4.78 is 16.9. The van der Waals surface area contributed by atoms with Crippen molar-refractivity contribution in [3.8, 4) is 11.3 Å². The van der Waals surface area contributed by atoms with Crippen molar-refractivity contribution in [1.29, 1.82) is 0 Å². The number of hydrogen-bond acceptors (Lipinski definition) is 2. The highest BCUT2D eigenvalue weighted by Gasteiger charge is 2.20. The molecule has 0 unspecified atom stereocenters. The van der Waals surface area contributed by atoms with Crippen LogP contribution in [0, 0.1) is 19.7 Å². The largest absolute Gasteiger partial charge is 0.355 e. The maximum Gasteiger partial charge on any atom is 0.251 e. The number of pyridine rings is 1. The maximum atomic E-state index is 14.9. The van der Waals surface area contributed by atoms with E-state index in [2.05, 4.69) is 12.2 Å². The van der Waals surface area contributed by atoms with E-state index in [4.69, 9.17) is 4.98 Å². The molecule has 0 radical (unpaired) electrons. The summed E-state index contributed by atoms with van der Waals surface area (Å²) in [4.78, 5) is 16.5. The van der Waals surface area contributed by atoms with E-state index in [0.29, 0.717) is 22.4 Å². The summed E-state index contributed by atoms with van der Waals surface area (Å²) in [5.74, 6) is -0.718. The summed E-state index contributed by atoms with van der Waals surface area (Å²) in [5.41, 5.74) is 5.07. The first-order valence-electron chi connectivity index (χ1n) is 8.46. The van der Waals surface area contributed by atoms with Crippen molar-refractivity contribution in [3.63, 3.8) is 0 Å². The Kier molecular flexibility index (Phi) is 4.57. The average Bonchev–Trinajstić information content (AvgIpc) is 2.91. The normalized spacial score (nSPS) is 11.1. The molecule has 130 valence electrons. The van der Waals surface area contributed by atoms with Crippen LogP contribution in [0.2, 0.25) is 0 Å². The van der Waals surface area contributed by atoms with Crippen molar-refractivity contribution < 1.29 is 9.18 Å². The third kappa shape index (κ3) is 3.02. The first-order chi connectivity index (χ1) is 12.0. The molecule has 0 saturated heterocycles. The third-order valence-corrected chi connectivity index (χ3v) is 4.38. The number of hydrogen-bond donors (Lipinski definition) is 1. The Balaban J connectivity index is 2.25. The molecule has 0 aliphatic carbocycles. The van der Waals surface area contributed by atoms with E-state index in [1.54, 1.807) is 6.07 Å². The minimum Gasteiger partial charge on any atom is -0.355 e. The molecule has 25 heavy (non-hydrogen) atoms. The summed E-state index contributed by atoms with van der Waals surface area (Å²) in [6.45, 7) is 5.92. The number of aromatic nitrogens is 2. The molecule has 0 spiro atoms. The van der Waals surface area contributed by atoms with Gasteiger partial charge in [0.2, 0.25) is 0 Å². The molecule has 2 aromatic heterocycles. The molecular formula is C20H22FN3O. The Hall–Kier alpha value is -2.69. The maximum absolute atomic E-state index is 14.9. The van der Waals surface area contributed by atoms with Gasteiger partial charge in [0.25, 0.3) is 5.91 Å². The van der Waals surface area contributed by atoms with Crippen LogP contribution in [0.5, 0.6) is 0 Å². The molecule has 0 bridgehead atoms. The van der Waals surface area contributed by atoms with Crippen molar-refractivity contribution >= 4 is 11.6 Å². The van der Waals surface area contributed by atoms with E-state index in [-0.39, 0.29) is 5.91 Å². The lowest BCUT2D eigenvalue weighted by atomic mass is 9.99. The van der Waals surface area contributed by atoms with Crippen LogP contribution in [0.1, 0.15) is 40.5 Å². The monoisotopic (exact) mass is 339 g/mol. The number of imidazole rings is 1. The first kappa shape index (κ1) is 17.1. The van der Waals surface area contributed by atoms with E-state index in [1.807, 2.05) is 36.6 Å². The summed E-state index contributed by atoms with van der Waals surface area (Å²) in [7, 11) is 1.54. The van der Waals surface area contributed by atoms with Gasteiger partial charge in [-0.15, -0.1) is 0 Å². The molecule has 1 N–H and O–H groups in total. The second-order valence-corrected chi connectivity index (χ2v) is 6.32. The van der Waals surface area contributed by atoms with Crippen LogP contribution in [-0.2, 0) is 6.42 Å². The van der Waals surface area contributed by atoms with Gasteiger partial charge in [-0.25, -0.2) is 9.37 Å².